The maximum Gasteiger partial charge on any atom is 0.254 e. The molecule has 1 fully saturated rings. The highest BCUT2D eigenvalue weighted by Crippen LogP contribution is 2.24. The predicted molar refractivity (Wildman–Crippen MR) is 133 cm³/mol. The van der Waals surface area contributed by atoms with Crippen molar-refractivity contribution in [2.75, 3.05) is 13.1 Å². The summed E-state index contributed by atoms with van der Waals surface area (Å²) < 4.78 is 5.32. The van der Waals surface area contributed by atoms with Crippen molar-refractivity contribution in [3.05, 3.63) is 94.9 Å². The first-order valence-electron chi connectivity index (χ1n) is 11.9. The first-order valence-corrected chi connectivity index (χ1v) is 11.9. The molecule has 7 heteroatoms. The average molecular weight is 474 g/mol. The van der Waals surface area contributed by atoms with Crippen molar-refractivity contribution in [1.29, 1.82) is 0 Å². The van der Waals surface area contributed by atoms with Crippen molar-refractivity contribution in [2.45, 2.75) is 39.3 Å². The number of likely N-dealkylation sites (tertiary alicyclic amines) is 1. The van der Waals surface area contributed by atoms with Gasteiger partial charge < -0.3 is 20.0 Å². The molecule has 182 valence electrons. The molecule has 1 aliphatic rings. The van der Waals surface area contributed by atoms with Gasteiger partial charge in [0.15, 0.2) is 0 Å². The normalized spacial score (nSPS) is 14.9. The van der Waals surface area contributed by atoms with Crippen LogP contribution in [-0.2, 0) is 11.3 Å². The second-order valence-electron chi connectivity index (χ2n) is 9.06. The van der Waals surface area contributed by atoms with E-state index in [0.29, 0.717) is 42.8 Å². The van der Waals surface area contributed by atoms with Gasteiger partial charge in [-0.25, -0.2) is 0 Å². The quantitative estimate of drug-likeness (QED) is 0.545. The third kappa shape index (κ3) is 5.98. The summed E-state index contributed by atoms with van der Waals surface area (Å²) >= 11 is 0. The molecule has 2 N–H and O–H groups in total. The minimum absolute atomic E-state index is 0.00386. The van der Waals surface area contributed by atoms with Gasteiger partial charge in [0.2, 0.25) is 5.91 Å². The van der Waals surface area contributed by atoms with E-state index in [1.165, 1.54) is 0 Å². The number of furan rings is 1. The van der Waals surface area contributed by atoms with Crippen LogP contribution in [0.4, 0.5) is 0 Å². The van der Waals surface area contributed by atoms with E-state index in [4.69, 9.17) is 4.42 Å². The van der Waals surface area contributed by atoms with Crippen LogP contribution in [0.25, 0.3) is 0 Å². The number of hydrogen-bond donors (Lipinski definition) is 2. The standard InChI is InChI=1S/C28H31N3O4/c1-19-7-5-9-22(17-19)26(32)30-25(27(33)29-18-23-10-6-16-35-23)21-12-14-31(15-13-21)28(34)24-11-4-3-8-20(24)2/h3-11,16-17,21,25H,12-15,18H2,1-2H3,(H,29,33)(H,30,32). The highest BCUT2D eigenvalue weighted by atomic mass is 16.3. The third-order valence-corrected chi connectivity index (χ3v) is 6.54. The Labute approximate surface area is 205 Å². The maximum absolute atomic E-state index is 13.2. The molecule has 0 spiro atoms. The lowest BCUT2D eigenvalue weighted by Crippen LogP contribution is -2.53. The molecule has 0 aliphatic carbocycles. The highest BCUT2D eigenvalue weighted by Gasteiger charge is 2.34. The van der Waals surface area contributed by atoms with Crippen LogP contribution >= 0.6 is 0 Å². The minimum atomic E-state index is -0.714. The number of piperidine rings is 1. The van der Waals surface area contributed by atoms with Crippen LogP contribution in [0.15, 0.2) is 71.3 Å². The van der Waals surface area contributed by atoms with Gasteiger partial charge in [0.05, 0.1) is 12.8 Å². The summed E-state index contributed by atoms with van der Waals surface area (Å²) in [6.45, 7) is 5.15. The fraction of sp³-hybridized carbons (Fsp3) is 0.321. The van der Waals surface area contributed by atoms with Gasteiger partial charge in [-0.05, 0) is 68.5 Å². The zero-order chi connectivity index (χ0) is 24.8. The van der Waals surface area contributed by atoms with Crippen molar-refractivity contribution < 1.29 is 18.8 Å². The van der Waals surface area contributed by atoms with Crippen LogP contribution in [0.2, 0.25) is 0 Å². The zero-order valence-electron chi connectivity index (χ0n) is 20.1. The smallest absolute Gasteiger partial charge is 0.254 e. The van der Waals surface area contributed by atoms with Crippen LogP contribution in [0.5, 0.6) is 0 Å². The van der Waals surface area contributed by atoms with Crippen molar-refractivity contribution >= 4 is 17.7 Å². The van der Waals surface area contributed by atoms with E-state index in [9.17, 15) is 14.4 Å². The molecule has 1 aromatic heterocycles. The lowest BCUT2D eigenvalue weighted by molar-refractivity contribution is -0.124. The molecule has 35 heavy (non-hydrogen) atoms. The molecule has 2 heterocycles. The summed E-state index contributed by atoms with van der Waals surface area (Å²) in [5, 5.41) is 5.85. The molecule has 2 aromatic carbocycles. The van der Waals surface area contributed by atoms with Gasteiger partial charge in [-0.15, -0.1) is 0 Å². The Morgan fingerprint density at radius 1 is 1.00 bits per heavy atom. The molecule has 7 nitrogen and oxygen atoms in total. The summed E-state index contributed by atoms with van der Waals surface area (Å²) in [5.41, 5.74) is 3.13. The second kappa shape index (κ2) is 11.0. The van der Waals surface area contributed by atoms with E-state index in [1.807, 2.05) is 55.1 Å². The molecule has 3 aromatic rings. The first-order chi connectivity index (χ1) is 16.9. The molecule has 3 amide bonds. The Bertz CT molecular complexity index is 1180. The topological polar surface area (TPSA) is 91.7 Å². The van der Waals surface area contributed by atoms with Crippen LogP contribution in [0.3, 0.4) is 0 Å². The molecular weight excluding hydrogens is 442 g/mol. The van der Waals surface area contributed by atoms with E-state index in [1.54, 1.807) is 30.5 Å². The fourth-order valence-electron chi connectivity index (χ4n) is 4.52. The second-order valence-corrected chi connectivity index (χ2v) is 9.06. The van der Waals surface area contributed by atoms with Crippen LogP contribution < -0.4 is 10.6 Å². The van der Waals surface area contributed by atoms with Gasteiger partial charge in [-0.1, -0.05) is 35.9 Å². The number of amides is 3. The van der Waals surface area contributed by atoms with E-state index in [2.05, 4.69) is 10.6 Å². The average Bonchev–Trinajstić information content (AvgIpc) is 3.39. The monoisotopic (exact) mass is 473 g/mol. The van der Waals surface area contributed by atoms with Crippen LogP contribution in [-0.4, -0.2) is 41.8 Å². The molecular formula is C28H31N3O4. The van der Waals surface area contributed by atoms with E-state index in [0.717, 1.165) is 11.1 Å². The number of hydrogen-bond acceptors (Lipinski definition) is 4. The highest BCUT2D eigenvalue weighted by molar-refractivity contribution is 5.98. The van der Waals surface area contributed by atoms with Gasteiger partial charge in [0.1, 0.15) is 11.8 Å². The summed E-state index contributed by atoms with van der Waals surface area (Å²) in [6, 6.07) is 17.7. The molecule has 0 radical (unpaired) electrons. The fourth-order valence-corrected chi connectivity index (χ4v) is 4.52. The molecule has 1 saturated heterocycles. The largest absolute Gasteiger partial charge is 0.467 e. The van der Waals surface area contributed by atoms with Crippen molar-refractivity contribution in [3.8, 4) is 0 Å². The van der Waals surface area contributed by atoms with Gasteiger partial charge in [-0.3, -0.25) is 14.4 Å². The number of nitrogens with zero attached hydrogens (tertiary/aromatic N) is 1. The molecule has 4 rings (SSSR count). The SMILES string of the molecule is Cc1cccc(C(=O)NC(C(=O)NCc2ccco2)C2CCN(C(=O)c3ccccc3C)CC2)c1. The summed E-state index contributed by atoms with van der Waals surface area (Å²) in [6.07, 6.45) is 2.79. The van der Waals surface area contributed by atoms with Crippen LogP contribution in [0, 0.1) is 19.8 Å². The summed E-state index contributed by atoms with van der Waals surface area (Å²) in [7, 11) is 0. The summed E-state index contributed by atoms with van der Waals surface area (Å²) in [4.78, 5) is 41.1. The maximum atomic E-state index is 13.2. The minimum Gasteiger partial charge on any atom is -0.467 e. The Kier molecular flexibility index (Phi) is 7.65. The number of aryl methyl sites for hydroxylation is 2. The Balaban J connectivity index is 1.45. The number of carbonyl (C=O) groups excluding carboxylic acids is 3. The molecule has 1 unspecified atom stereocenters. The Hall–Kier alpha value is -3.87. The molecule has 0 bridgehead atoms. The number of nitrogens with one attached hydrogen (secondary N) is 2. The molecule has 0 saturated carbocycles. The van der Waals surface area contributed by atoms with E-state index in [-0.39, 0.29) is 30.2 Å². The number of carbonyl (C=O) groups is 3. The number of benzene rings is 2. The van der Waals surface area contributed by atoms with Gasteiger partial charge >= 0.3 is 0 Å². The first kappa shape index (κ1) is 24.3. The molecule has 1 atom stereocenters. The van der Waals surface area contributed by atoms with Gasteiger partial charge in [0, 0.05) is 24.2 Å². The van der Waals surface area contributed by atoms with Crippen LogP contribution in [0.1, 0.15) is 50.4 Å². The Morgan fingerprint density at radius 3 is 2.46 bits per heavy atom. The molecule has 1 aliphatic heterocycles. The van der Waals surface area contributed by atoms with Crippen molar-refractivity contribution in [1.82, 2.24) is 15.5 Å². The number of rotatable bonds is 7. The van der Waals surface area contributed by atoms with Gasteiger partial charge in [-0.2, -0.15) is 0 Å². The lowest BCUT2D eigenvalue weighted by atomic mass is 9.88. The van der Waals surface area contributed by atoms with Crippen molar-refractivity contribution in [3.63, 3.8) is 0 Å². The van der Waals surface area contributed by atoms with Crippen molar-refractivity contribution in [2.24, 2.45) is 5.92 Å². The Morgan fingerprint density at radius 2 is 1.77 bits per heavy atom. The summed E-state index contributed by atoms with van der Waals surface area (Å²) in [5.74, 6) is 0.00236. The predicted octanol–water partition coefficient (Wildman–Crippen LogP) is 3.86. The van der Waals surface area contributed by atoms with E-state index >= 15 is 0 Å². The zero-order valence-corrected chi connectivity index (χ0v) is 20.1. The lowest BCUT2D eigenvalue weighted by Gasteiger charge is -2.36. The third-order valence-electron chi connectivity index (χ3n) is 6.54. The van der Waals surface area contributed by atoms with E-state index < -0.39 is 6.04 Å². The van der Waals surface area contributed by atoms with Gasteiger partial charge in [0.25, 0.3) is 11.8 Å².